The summed E-state index contributed by atoms with van der Waals surface area (Å²) in [4.78, 5) is 62.7. The maximum absolute atomic E-state index is 10.5. The standard InChI is InChI=1S/C4BN7O6/c13-6-1-2(7-14)4(9-16)12(11-18)5(10-17)3(1)8-15. The third-order valence-electron chi connectivity index (χ3n) is 1.93. The van der Waals surface area contributed by atoms with E-state index in [1.54, 1.807) is 0 Å². The lowest BCUT2D eigenvalue weighted by Crippen LogP contribution is -2.38. The van der Waals surface area contributed by atoms with Crippen molar-refractivity contribution in [1.29, 1.82) is 0 Å². The maximum Gasteiger partial charge on any atom is 0.532 e. The summed E-state index contributed by atoms with van der Waals surface area (Å²) in [5.41, 5.74) is -3.00. The summed E-state index contributed by atoms with van der Waals surface area (Å²) in [6.45, 7) is -2.02. The Bertz CT molecular complexity index is 466. The summed E-state index contributed by atoms with van der Waals surface area (Å²) in [7, 11) is 0. The first-order valence-electron chi connectivity index (χ1n) is 3.97. The van der Waals surface area contributed by atoms with Crippen LogP contribution >= 0.6 is 0 Å². The third kappa shape index (κ3) is 1.70. The fourth-order valence-corrected chi connectivity index (χ4v) is 1.22. The molecular weight excluding hydrogens is 253 g/mol. The van der Waals surface area contributed by atoms with Gasteiger partial charge in [-0.05, 0) is 20.7 Å². The van der Waals surface area contributed by atoms with E-state index in [-0.39, 0.29) is 4.92 Å². The van der Waals surface area contributed by atoms with Crippen molar-refractivity contribution < 1.29 is 0 Å². The van der Waals surface area contributed by atoms with Gasteiger partial charge in [0, 0.05) is 5.29 Å². The van der Waals surface area contributed by atoms with E-state index in [9.17, 15) is 29.4 Å². The van der Waals surface area contributed by atoms with E-state index in [4.69, 9.17) is 0 Å². The average molecular weight is 253 g/mol. The molecule has 0 spiro atoms. The number of hydrogen-bond donors (Lipinski definition) is 0. The summed E-state index contributed by atoms with van der Waals surface area (Å²) < 4.78 is 0. The molecule has 0 N–H and O–H groups in total. The molecule has 0 aromatic heterocycles. The molecule has 0 radical (unpaired) electrons. The number of nitroso groups, excluding NO2 is 6. The largest absolute Gasteiger partial charge is 0.532 e. The van der Waals surface area contributed by atoms with Gasteiger partial charge in [0.15, 0.2) is 11.4 Å². The molecule has 0 unspecified atom stereocenters. The molecule has 90 valence electrons. The molecule has 0 aromatic carbocycles. The predicted molar refractivity (Wildman–Crippen MR) is 56.4 cm³/mol. The molecule has 13 nitrogen and oxygen atoms in total. The smallest absolute Gasteiger partial charge is 0.216 e. The van der Waals surface area contributed by atoms with Crippen molar-refractivity contribution in [2.24, 2.45) is 31.1 Å². The molecule has 0 saturated carbocycles. The molecule has 1 aliphatic rings. The zero-order valence-corrected chi connectivity index (χ0v) is 8.16. The van der Waals surface area contributed by atoms with E-state index >= 15 is 0 Å². The van der Waals surface area contributed by atoms with Crippen LogP contribution in [0.5, 0.6) is 0 Å². The SMILES string of the molecule is O=NB1C(N=O)=C(N=O)C(N=O)=C(N=O)N1N=O. The number of nitrogens with zero attached hydrogens (tertiary/aromatic N) is 7. The second-order valence-corrected chi connectivity index (χ2v) is 2.68. The Kier molecular flexibility index (Phi) is 3.85. The summed E-state index contributed by atoms with van der Waals surface area (Å²) in [5.74, 6) is -1.06. The molecule has 0 atom stereocenters. The zero-order chi connectivity index (χ0) is 13.7. The van der Waals surface area contributed by atoms with Crippen molar-refractivity contribution in [3.63, 3.8) is 0 Å². The van der Waals surface area contributed by atoms with Gasteiger partial charge in [-0.25, -0.2) is 4.92 Å². The molecule has 0 aliphatic carbocycles. The first-order valence-corrected chi connectivity index (χ1v) is 3.97. The van der Waals surface area contributed by atoms with Crippen LogP contribution in [0.2, 0.25) is 0 Å². The van der Waals surface area contributed by atoms with Crippen LogP contribution in [0, 0.1) is 29.4 Å². The van der Waals surface area contributed by atoms with E-state index in [0.29, 0.717) is 0 Å². The highest BCUT2D eigenvalue weighted by atomic mass is 16.3. The Morgan fingerprint density at radius 1 is 0.778 bits per heavy atom. The lowest BCUT2D eigenvalue weighted by molar-refractivity contribution is 0.537. The van der Waals surface area contributed by atoms with Crippen LogP contribution in [0.25, 0.3) is 0 Å². The maximum atomic E-state index is 10.5. The summed E-state index contributed by atoms with van der Waals surface area (Å²) in [5, 5.41) is 13.4. The molecule has 14 heteroatoms. The molecular formula is C4BN7O6. The van der Waals surface area contributed by atoms with E-state index in [1.165, 1.54) is 0 Å². The van der Waals surface area contributed by atoms with E-state index in [0.717, 1.165) is 0 Å². The average Bonchev–Trinajstić information content (AvgIpc) is 2.43. The highest BCUT2D eigenvalue weighted by Gasteiger charge is 2.46. The van der Waals surface area contributed by atoms with Crippen molar-refractivity contribution in [3.8, 4) is 0 Å². The first-order chi connectivity index (χ1) is 8.69. The third-order valence-corrected chi connectivity index (χ3v) is 1.93. The molecule has 1 rings (SSSR count). The second-order valence-electron chi connectivity index (χ2n) is 2.68. The molecule has 0 amide bonds. The summed E-state index contributed by atoms with van der Waals surface area (Å²) in [6.07, 6.45) is 0. The van der Waals surface area contributed by atoms with Gasteiger partial charge < -0.3 is 0 Å². The van der Waals surface area contributed by atoms with Gasteiger partial charge in [-0.1, -0.05) is 5.09 Å². The van der Waals surface area contributed by atoms with Crippen LogP contribution < -0.4 is 0 Å². The van der Waals surface area contributed by atoms with Crippen LogP contribution in [0.4, 0.5) is 0 Å². The van der Waals surface area contributed by atoms with Crippen LogP contribution in [-0.2, 0) is 0 Å². The topological polar surface area (TPSA) is 180 Å². The fraction of sp³-hybridized carbons (Fsp3) is 0. The van der Waals surface area contributed by atoms with Gasteiger partial charge in [-0.2, -0.15) is 4.91 Å². The van der Waals surface area contributed by atoms with Crippen molar-refractivity contribution >= 4 is 6.98 Å². The minimum atomic E-state index is -2.02. The van der Waals surface area contributed by atoms with Gasteiger partial charge in [0.05, 0.1) is 0 Å². The Morgan fingerprint density at radius 3 is 1.72 bits per heavy atom. The summed E-state index contributed by atoms with van der Waals surface area (Å²) in [6, 6.07) is 0. The first kappa shape index (κ1) is 13.0. The summed E-state index contributed by atoms with van der Waals surface area (Å²) >= 11 is 0. The van der Waals surface area contributed by atoms with Gasteiger partial charge in [0.1, 0.15) is 5.60 Å². The van der Waals surface area contributed by atoms with Gasteiger partial charge in [0.2, 0.25) is 5.82 Å². The van der Waals surface area contributed by atoms with E-state index in [2.05, 4.69) is 31.1 Å². The predicted octanol–water partition coefficient (Wildman–Crippen LogP) is 1.22. The molecule has 0 saturated heterocycles. The molecule has 0 bridgehead atoms. The van der Waals surface area contributed by atoms with E-state index in [1.807, 2.05) is 0 Å². The lowest BCUT2D eigenvalue weighted by atomic mass is 9.69. The monoisotopic (exact) mass is 253 g/mol. The van der Waals surface area contributed by atoms with Crippen molar-refractivity contribution in [2.45, 2.75) is 0 Å². The van der Waals surface area contributed by atoms with Crippen LogP contribution in [-0.4, -0.2) is 11.9 Å². The molecule has 1 aliphatic heterocycles. The zero-order valence-electron chi connectivity index (χ0n) is 8.16. The molecule has 1 heterocycles. The molecule has 18 heavy (non-hydrogen) atoms. The minimum Gasteiger partial charge on any atom is -0.216 e. The van der Waals surface area contributed by atoms with Crippen molar-refractivity contribution in [1.82, 2.24) is 4.92 Å². The Balaban J connectivity index is 3.69. The van der Waals surface area contributed by atoms with Crippen LogP contribution in [0.1, 0.15) is 0 Å². The van der Waals surface area contributed by atoms with Gasteiger partial charge in [0.25, 0.3) is 0 Å². The Hall–Kier alpha value is -3.06. The highest BCUT2D eigenvalue weighted by Crippen LogP contribution is 2.33. The van der Waals surface area contributed by atoms with Crippen molar-refractivity contribution in [3.05, 3.63) is 52.3 Å². The van der Waals surface area contributed by atoms with Crippen LogP contribution in [0.15, 0.2) is 53.9 Å². The highest BCUT2D eigenvalue weighted by molar-refractivity contribution is 6.62. The van der Waals surface area contributed by atoms with Crippen LogP contribution in [0.3, 0.4) is 0 Å². The fourth-order valence-electron chi connectivity index (χ4n) is 1.22. The molecule has 0 aromatic rings. The van der Waals surface area contributed by atoms with E-state index < -0.39 is 29.8 Å². The Morgan fingerprint density at radius 2 is 1.39 bits per heavy atom. The lowest BCUT2D eigenvalue weighted by Gasteiger charge is -2.20. The van der Waals surface area contributed by atoms with Gasteiger partial charge in [-0.3, -0.25) is 0 Å². The van der Waals surface area contributed by atoms with Gasteiger partial charge in [-0.15, -0.1) is 24.5 Å². The molecule has 0 fully saturated rings. The number of hydrogen-bond acceptors (Lipinski definition) is 12. The van der Waals surface area contributed by atoms with Gasteiger partial charge >= 0.3 is 6.98 Å². The second kappa shape index (κ2) is 5.33. The minimum absolute atomic E-state index is 0.0118. The normalized spacial score (nSPS) is 15.3. The number of rotatable bonds is 6. The Labute approximate surface area is 96.2 Å². The quantitative estimate of drug-likeness (QED) is 0.503. The van der Waals surface area contributed by atoms with Crippen molar-refractivity contribution in [2.75, 3.05) is 0 Å².